The smallest absolute Gasteiger partial charge is 0.0728 e. The first-order valence-electron chi connectivity index (χ1n) is 9.98. The van der Waals surface area contributed by atoms with Crippen LogP contribution in [0.25, 0.3) is 0 Å². The van der Waals surface area contributed by atoms with Crippen molar-refractivity contribution in [3.05, 3.63) is 0 Å². The molecular formula is C19H38N2O4. The number of rotatable bonds is 10. The number of nitrogens with zero attached hydrogens (tertiary/aromatic N) is 2. The highest BCUT2D eigenvalue weighted by molar-refractivity contribution is 4.76. The van der Waals surface area contributed by atoms with Gasteiger partial charge in [0.15, 0.2) is 0 Å². The average Bonchev–Trinajstić information content (AvgIpc) is 2.53. The van der Waals surface area contributed by atoms with Crippen LogP contribution in [0.4, 0.5) is 0 Å². The highest BCUT2D eigenvalue weighted by Gasteiger charge is 2.25. The summed E-state index contributed by atoms with van der Waals surface area (Å²) < 4.78 is 23.2. The highest BCUT2D eigenvalue weighted by Crippen LogP contribution is 2.14. The number of ether oxygens (including phenoxy) is 4. The predicted molar refractivity (Wildman–Crippen MR) is 99.2 cm³/mol. The zero-order valence-corrected chi connectivity index (χ0v) is 16.6. The monoisotopic (exact) mass is 358 g/mol. The van der Waals surface area contributed by atoms with Crippen LogP contribution in [0.2, 0.25) is 0 Å². The van der Waals surface area contributed by atoms with E-state index in [1.807, 2.05) is 6.92 Å². The second-order valence-corrected chi connectivity index (χ2v) is 7.44. The number of hydrogen-bond donors (Lipinski definition) is 0. The molecule has 2 heterocycles. The Morgan fingerprint density at radius 3 is 1.96 bits per heavy atom. The lowest BCUT2D eigenvalue weighted by Gasteiger charge is -2.37. The van der Waals surface area contributed by atoms with Crippen LogP contribution in [0.5, 0.6) is 0 Å². The molecule has 0 radical (unpaired) electrons. The maximum absolute atomic E-state index is 6.06. The van der Waals surface area contributed by atoms with Crippen LogP contribution in [0.1, 0.15) is 34.1 Å². The van der Waals surface area contributed by atoms with Crippen molar-refractivity contribution in [3.8, 4) is 0 Å². The summed E-state index contributed by atoms with van der Waals surface area (Å²) in [6.45, 7) is 17.6. The van der Waals surface area contributed by atoms with E-state index in [1.54, 1.807) is 0 Å². The van der Waals surface area contributed by atoms with Crippen LogP contribution < -0.4 is 0 Å². The fraction of sp³-hybridized carbons (Fsp3) is 1.00. The van der Waals surface area contributed by atoms with Gasteiger partial charge in [-0.15, -0.1) is 0 Å². The Morgan fingerprint density at radius 1 is 0.760 bits per heavy atom. The van der Waals surface area contributed by atoms with Crippen molar-refractivity contribution in [2.75, 3.05) is 65.7 Å². The fourth-order valence-electron chi connectivity index (χ4n) is 3.80. The summed E-state index contributed by atoms with van der Waals surface area (Å²) in [5.41, 5.74) is 0. The quantitative estimate of drug-likeness (QED) is 0.553. The molecule has 4 atom stereocenters. The first-order chi connectivity index (χ1) is 12.1. The van der Waals surface area contributed by atoms with Gasteiger partial charge in [0.1, 0.15) is 0 Å². The molecule has 2 unspecified atom stereocenters. The second kappa shape index (κ2) is 11.5. The van der Waals surface area contributed by atoms with Gasteiger partial charge in [0.05, 0.1) is 37.6 Å². The van der Waals surface area contributed by atoms with Crippen LogP contribution in [-0.2, 0) is 18.9 Å². The van der Waals surface area contributed by atoms with Crippen LogP contribution >= 0.6 is 0 Å². The Bertz CT molecular complexity index is 348. The van der Waals surface area contributed by atoms with E-state index in [0.29, 0.717) is 12.2 Å². The number of hydrogen-bond acceptors (Lipinski definition) is 6. The molecule has 0 aromatic rings. The zero-order valence-electron chi connectivity index (χ0n) is 16.6. The molecule has 0 aliphatic carbocycles. The van der Waals surface area contributed by atoms with Crippen molar-refractivity contribution in [2.45, 2.75) is 58.5 Å². The minimum absolute atomic E-state index is 0.272. The van der Waals surface area contributed by atoms with Crippen molar-refractivity contribution < 1.29 is 18.9 Å². The summed E-state index contributed by atoms with van der Waals surface area (Å²) in [6, 6.07) is 0. The van der Waals surface area contributed by atoms with Gasteiger partial charge in [-0.2, -0.15) is 0 Å². The van der Waals surface area contributed by atoms with Gasteiger partial charge in [0.2, 0.25) is 0 Å². The van der Waals surface area contributed by atoms with Crippen molar-refractivity contribution in [3.63, 3.8) is 0 Å². The standard InChI is InChI=1S/C19H38N2O4/c1-5-22-10-7-21-14-18(4)25-19(15-21)6-9-23-11-8-20-12-16(2)24-17(3)13-20/h16-19H,5-15H2,1-4H3/t16-,17+,18?,19?. The summed E-state index contributed by atoms with van der Waals surface area (Å²) in [4.78, 5) is 4.89. The lowest BCUT2D eigenvalue weighted by molar-refractivity contribution is -0.0932. The maximum Gasteiger partial charge on any atom is 0.0728 e. The fourth-order valence-corrected chi connectivity index (χ4v) is 3.80. The van der Waals surface area contributed by atoms with Gasteiger partial charge in [0, 0.05) is 52.5 Å². The Labute approximate surface area is 153 Å². The third-order valence-corrected chi connectivity index (χ3v) is 4.79. The first-order valence-corrected chi connectivity index (χ1v) is 9.98. The molecule has 0 aromatic carbocycles. The van der Waals surface area contributed by atoms with Crippen LogP contribution in [0, 0.1) is 0 Å². The largest absolute Gasteiger partial charge is 0.380 e. The molecule has 0 aromatic heterocycles. The molecule has 2 fully saturated rings. The molecule has 0 amide bonds. The Morgan fingerprint density at radius 2 is 1.32 bits per heavy atom. The molecule has 2 rings (SSSR count). The second-order valence-electron chi connectivity index (χ2n) is 7.44. The van der Waals surface area contributed by atoms with Crippen LogP contribution in [0.15, 0.2) is 0 Å². The molecule has 2 aliphatic rings. The molecular weight excluding hydrogens is 320 g/mol. The SMILES string of the molecule is CCOCCN1CC(C)OC(CCOCCN2C[C@@H](C)O[C@@H](C)C2)C1. The Kier molecular flexibility index (Phi) is 9.66. The molecule has 148 valence electrons. The molecule has 6 heteroatoms. The number of morpholine rings is 2. The van der Waals surface area contributed by atoms with E-state index in [9.17, 15) is 0 Å². The van der Waals surface area contributed by atoms with Crippen molar-refractivity contribution in [1.29, 1.82) is 0 Å². The lowest BCUT2D eigenvalue weighted by Crippen LogP contribution is -2.48. The summed E-state index contributed by atoms with van der Waals surface area (Å²) in [7, 11) is 0. The van der Waals surface area contributed by atoms with E-state index in [-0.39, 0.29) is 12.2 Å². The third kappa shape index (κ3) is 8.33. The van der Waals surface area contributed by atoms with Gasteiger partial charge >= 0.3 is 0 Å². The maximum atomic E-state index is 6.06. The van der Waals surface area contributed by atoms with Gasteiger partial charge in [0.25, 0.3) is 0 Å². The average molecular weight is 359 g/mol. The first kappa shape index (κ1) is 21.1. The van der Waals surface area contributed by atoms with Gasteiger partial charge in [-0.1, -0.05) is 0 Å². The lowest BCUT2D eigenvalue weighted by atomic mass is 10.2. The normalized spacial score (nSPS) is 32.2. The van der Waals surface area contributed by atoms with Gasteiger partial charge in [-0.3, -0.25) is 9.80 Å². The van der Waals surface area contributed by atoms with E-state index < -0.39 is 0 Å². The third-order valence-electron chi connectivity index (χ3n) is 4.79. The van der Waals surface area contributed by atoms with Crippen molar-refractivity contribution >= 4 is 0 Å². The summed E-state index contributed by atoms with van der Waals surface area (Å²) in [5.74, 6) is 0. The van der Waals surface area contributed by atoms with Gasteiger partial charge in [-0.25, -0.2) is 0 Å². The summed E-state index contributed by atoms with van der Waals surface area (Å²) >= 11 is 0. The summed E-state index contributed by atoms with van der Waals surface area (Å²) in [6.07, 6.45) is 2.17. The molecule has 0 N–H and O–H groups in total. The zero-order chi connectivity index (χ0) is 18.1. The minimum atomic E-state index is 0.272. The van der Waals surface area contributed by atoms with Gasteiger partial charge in [-0.05, 0) is 34.1 Å². The van der Waals surface area contributed by atoms with E-state index in [0.717, 1.165) is 72.1 Å². The minimum Gasteiger partial charge on any atom is -0.380 e. The molecule has 2 aliphatic heterocycles. The Balaban J connectivity index is 1.56. The predicted octanol–water partition coefficient (Wildman–Crippen LogP) is 1.63. The molecule has 25 heavy (non-hydrogen) atoms. The van der Waals surface area contributed by atoms with E-state index >= 15 is 0 Å². The Hall–Kier alpha value is -0.240. The van der Waals surface area contributed by atoms with Crippen LogP contribution in [-0.4, -0.2) is 99.9 Å². The molecule has 0 bridgehead atoms. The van der Waals surface area contributed by atoms with Gasteiger partial charge < -0.3 is 18.9 Å². The summed E-state index contributed by atoms with van der Waals surface area (Å²) in [5, 5.41) is 0. The highest BCUT2D eigenvalue weighted by atomic mass is 16.5. The molecule has 0 spiro atoms. The van der Waals surface area contributed by atoms with Crippen LogP contribution in [0.3, 0.4) is 0 Å². The van der Waals surface area contributed by atoms with E-state index in [4.69, 9.17) is 18.9 Å². The van der Waals surface area contributed by atoms with Crippen molar-refractivity contribution in [1.82, 2.24) is 9.80 Å². The van der Waals surface area contributed by atoms with Crippen molar-refractivity contribution in [2.24, 2.45) is 0 Å². The molecule has 2 saturated heterocycles. The molecule has 0 saturated carbocycles. The van der Waals surface area contributed by atoms with E-state index in [1.165, 1.54) is 0 Å². The van der Waals surface area contributed by atoms with E-state index in [2.05, 4.69) is 30.6 Å². The topological polar surface area (TPSA) is 43.4 Å². The molecule has 6 nitrogen and oxygen atoms in total.